The molecule has 3 rings (SSSR count). The molecule has 3 aromatic rings. The van der Waals surface area contributed by atoms with Gasteiger partial charge in [0.05, 0.1) is 12.6 Å². The van der Waals surface area contributed by atoms with Gasteiger partial charge in [0.2, 0.25) is 0 Å². The van der Waals surface area contributed by atoms with Gasteiger partial charge in [-0.1, -0.05) is 54.3 Å². The molecule has 0 radical (unpaired) electrons. The summed E-state index contributed by atoms with van der Waals surface area (Å²) >= 11 is 0. The second-order valence-corrected chi connectivity index (χ2v) is 7.77. The number of carbonyl (C=O) groups excluding carboxylic acids is 2. The van der Waals surface area contributed by atoms with Crippen molar-refractivity contribution < 1.29 is 24.2 Å². The van der Waals surface area contributed by atoms with Gasteiger partial charge in [-0.25, -0.2) is 0 Å². The molecule has 174 valence electrons. The Labute approximate surface area is 200 Å². The van der Waals surface area contributed by atoms with E-state index >= 15 is 0 Å². The van der Waals surface area contributed by atoms with Gasteiger partial charge in [0.1, 0.15) is 11.9 Å². The van der Waals surface area contributed by atoms with Crippen molar-refractivity contribution >= 4 is 11.8 Å². The van der Waals surface area contributed by atoms with Gasteiger partial charge in [-0.3, -0.25) is 4.79 Å². The summed E-state index contributed by atoms with van der Waals surface area (Å²) in [7, 11) is 1.36. The zero-order valence-electron chi connectivity index (χ0n) is 19.2. The second kappa shape index (κ2) is 13.0. The third kappa shape index (κ3) is 7.61. The van der Waals surface area contributed by atoms with Crippen LogP contribution in [0.3, 0.4) is 0 Å². The summed E-state index contributed by atoms with van der Waals surface area (Å²) < 4.78 is 10.7. The van der Waals surface area contributed by atoms with E-state index in [0.717, 1.165) is 36.1 Å². The highest BCUT2D eigenvalue weighted by atomic mass is 16.5. The molecule has 0 fully saturated rings. The highest BCUT2D eigenvalue weighted by Crippen LogP contribution is 2.16. The topological polar surface area (TPSA) is 75.7 Å². The lowest BCUT2D eigenvalue weighted by molar-refractivity contribution is -0.315. The van der Waals surface area contributed by atoms with E-state index in [4.69, 9.17) is 9.47 Å². The number of benzene rings is 3. The third-order valence-electron chi connectivity index (χ3n) is 5.27. The number of carboxylic acid groups (broad SMARTS) is 1. The fraction of sp³-hybridized carbons (Fsp3) is 0.241. The van der Waals surface area contributed by atoms with Crippen LogP contribution in [0.4, 0.5) is 0 Å². The lowest BCUT2D eigenvalue weighted by atomic mass is 10.0. The van der Waals surface area contributed by atoms with Crippen LogP contribution in [0, 0.1) is 11.8 Å². The number of hydrogen-bond donors (Lipinski definition) is 0. The summed E-state index contributed by atoms with van der Waals surface area (Å²) in [5.41, 5.74) is 3.05. The Morgan fingerprint density at radius 2 is 1.56 bits per heavy atom. The van der Waals surface area contributed by atoms with Gasteiger partial charge >= 0.3 is 0 Å². The molecule has 34 heavy (non-hydrogen) atoms. The van der Waals surface area contributed by atoms with Crippen LogP contribution >= 0.6 is 0 Å². The molecule has 0 saturated heterocycles. The summed E-state index contributed by atoms with van der Waals surface area (Å²) in [6.07, 6.45) is 1.86. The highest BCUT2D eigenvalue weighted by Gasteiger charge is 2.09. The normalized spacial score (nSPS) is 11.2. The van der Waals surface area contributed by atoms with Crippen LogP contribution in [0.5, 0.6) is 5.75 Å². The number of methoxy groups -OCH3 is 1. The van der Waals surface area contributed by atoms with E-state index < -0.39 is 12.1 Å². The van der Waals surface area contributed by atoms with Crippen molar-refractivity contribution in [2.24, 2.45) is 0 Å². The van der Waals surface area contributed by atoms with Crippen molar-refractivity contribution in [2.45, 2.75) is 31.8 Å². The predicted octanol–water partition coefficient (Wildman–Crippen LogP) is 3.83. The fourth-order valence-electron chi connectivity index (χ4n) is 3.33. The Balaban J connectivity index is 1.36. The average molecular weight is 456 g/mol. The Bertz CT molecular complexity index is 1120. The fourth-order valence-corrected chi connectivity index (χ4v) is 3.33. The molecule has 0 aliphatic carbocycles. The number of rotatable bonds is 11. The second-order valence-electron chi connectivity index (χ2n) is 7.77. The SMILES string of the molecule is CO[C@@H](Cc1ccc(C#CCCCCOc2ccc(C(=O)c3ccccc3)cc2)cc1)C(=O)[O-]. The van der Waals surface area contributed by atoms with Crippen LogP contribution in [0.2, 0.25) is 0 Å². The predicted molar refractivity (Wildman–Crippen MR) is 128 cm³/mol. The molecular weight excluding hydrogens is 428 g/mol. The Hall–Kier alpha value is -3.88. The molecule has 0 aliphatic rings. The van der Waals surface area contributed by atoms with Gasteiger partial charge in [0.25, 0.3) is 0 Å². The average Bonchev–Trinajstić information content (AvgIpc) is 2.87. The zero-order chi connectivity index (χ0) is 24.2. The van der Waals surface area contributed by atoms with Crippen LogP contribution in [0.25, 0.3) is 0 Å². The number of unbranched alkanes of at least 4 members (excludes halogenated alkanes) is 2. The summed E-state index contributed by atoms with van der Waals surface area (Å²) in [6, 6.07) is 23.9. The molecule has 1 atom stereocenters. The van der Waals surface area contributed by atoms with Gasteiger partial charge in [-0.05, 0) is 54.8 Å². The molecule has 0 aromatic heterocycles. The molecule has 0 spiro atoms. The van der Waals surface area contributed by atoms with Gasteiger partial charge in [0, 0.05) is 36.6 Å². The Kier molecular flexibility index (Phi) is 9.45. The molecule has 0 saturated carbocycles. The maximum atomic E-state index is 12.4. The van der Waals surface area contributed by atoms with E-state index in [-0.39, 0.29) is 12.2 Å². The van der Waals surface area contributed by atoms with E-state index in [1.54, 1.807) is 12.1 Å². The number of ketones is 1. The Morgan fingerprint density at radius 1 is 0.882 bits per heavy atom. The van der Waals surface area contributed by atoms with Crippen molar-refractivity contribution in [3.05, 3.63) is 101 Å². The number of carbonyl (C=O) groups is 2. The molecular formula is C29H27O5-. The van der Waals surface area contributed by atoms with Crippen molar-refractivity contribution in [1.82, 2.24) is 0 Å². The van der Waals surface area contributed by atoms with Gasteiger partial charge in [0.15, 0.2) is 5.78 Å². The standard InChI is InChI=1S/C29H28O5/c1-33-27(29(31)32)21-23-14-12-22(13-15-23)9-5-2-3-8-20-34-26-18-16-25(17-19-26)28(30)24-10-6-4-7-11-24/h4,6-7,10-19,27H,2-3,8,20-21H2,1H3,(H,31,32)/p-1/t27-/m0/s1. The Morgan fingerprint density at radius 3 is 2.21 bits per heavy atom. The summed E-state index contributed by atoms with van der Waals surface area (Å²) in [5, 5.41) is 10.9. The lowest BCUT2D eigenvalue weighted by Crippen LogP contribution is -2.38. The molecule has 0 heterocycles. The van der Waals surface area contributed by atoms with Crippen molar-refractivity contribution in [2.75, 3.05) is 13.7 Å². The maximum Gasteiger partial charge on any atom is 0.193 e. The largest absolute Gasteiger partial charge is 0.547 e. The molecule has 0 bridgehead atoms. The number of hydrogen-bond acceptors (Lipinski definition) is 5. The maximum absolute atomic E-state index is 12.4. The first-order valence-corrected chi connectivity index (χ1v) is 11.2. The van der Waals surface area contributed by atoms with Gasteiger partial charge < -0.3 is 19.4 Å². The highest BCUT2D eigenvalue weighted by molar-refractivity contribution is 6.08. The van der Waals surface area contributed by atoms with Crippen LogP contribution in [0.15, 0.2) is 78.9 Å². The minimum absolute atomic E-state index is 0.00269. The smallest absolute Gasteiger partial charge is 0.193 e. The first-order valence-electron chi connectivity index (χ1n) is 11.2. The van der Waals surface area contributed by atoms with E-state index in [0.29, 0.717) is 17.7 Å². The zero-order valence-corrected chi connectivity index (χ0v) is 19.2. The number of ether oxygens (including phenoxy) is 2. The monoisotopic (exact) mass is 455 g/mol. The quantitative estimate of drug-likeness (QED) is 0.250. The molecule has 0 aliphatic heterocycles. The first kappa shape index (κ1) is 24.8. The minimum Gasteiger partial charge on any atom is -0.547 e. The molecule has 0 N–H and O–H groups in total. The minimum atomic E-state index is -1.22. The van der Waals surface area contributed by atoms with Crippen molar-refractivity contribution in [1.29, 1.82) is 0 Å². The first-order chi connectivity index (χ1) is 16.6. The summed E-state index contributed by atoms with van der Waals surface area (Å²) in [4.78, 5) is 23.4. The van der Waals surface area contributed by atoms with Crippen LogP contribution in [-0.4, -0.2) is 31.6 Å². The van der Waals surface area contributed by atoms with Gasteiger partial charge in [-0.15, -0.1) is 0 Å². The van der Waals surface area contributed by atoms with Crippen molar-refractivity contribution in [3.63, 3.8) is 0 Å². The van der Waals surface area contributed by atoms with E-state index in [1.807, 2.05) is 66.7 Å². The van der Waals surface area contributed by atoms with Crippen LogP contribution in [-0.2, 0) is 16.0 Å². The van der Waals surface area contributed by atoms with Gasteiger partial charge in [-0.2, -0.15) is 0 Å². The molecule has 5 nitrogen and oxygen atoms in total. The number of carboxylic acids is 1. The van der Waals surface area contributed by atoms with E-state index in [1.165, 1.54) is 7.11 Å². The lowest BCUT2D eigenvalue weighted by Gasteiger charge is -2.15. The molecule has 3 aromatic carbocycles. The van der Waals surface area contributed by atoms with E-state index in [9.17, 15) is 14.7 Å². The van der Waals surface area contributed by atoms with Crippen molar-refractivity contribution in [3.8, 4) is 17.6 Å². The molecule has 5 heteroatoms. The van der Waals surface area contributed by atoms with Crippen LogP contribution in [0.1, 0.15) is 46.3 Å². The van der Waals surface area contributed by atoms with Crippen LogP contribution < -0.4 is 9.84 Å². The molecule has 0 unspecified atom stereocenters. The molecule has 0 amide bonds. The summed E-state index contributed by atoms with van der Waals surface area (Å²) in [6.45, 7) is 0.585. The number of aliphatic carboxylic acids is 1. The third-order valence-corrected chi connectivity index (χ3v) is 5.27. The van der Waals surface area contributed by atoms with E-state index in [2.05, 4.69) is 11.8 Å². The summed E-state index contributed by atoms with van der Waals surface area (Å²) in [5.74, 6) is 5.79.